The van der Waals surface area contributed by atoms with E-state index in [-0.39, 0.29) is 52.0 Å². The van der Waals surface area contributed by atoms with Gasteiger partial charge in [0, 0.05) is 12.0 Å². The third kappa shape index (κ3) is 5.01. The maximum Gasteiger partial charge on any atom is 0.209 e. The molecule has 0 radical (unpaired) electrons. The SMILES string of the molecule is C[C@@H]1C[C@H]([C@H](NS(C)(=O)=O)C(C)(C)O)O[C@H]2[C@H]1[C@@]1(C)CC[C@@]34C[C@@]35CC[C@H](O[C@H]3CN(C6COC6)CCO3)C(C)(C)[C@@H]5CC[C@H]4[C@]1(C)[C@H]2O. The van der Waals surface area contributed by atoms with Gasteiger partial charge in [-0.15, -0.1) is 0 Å². The molecule has 0 aromatic heterocycles. The number of hydrogen-bond acceptors (Lipinski definition) is 9. The lowest BCUT2D eigenvalue weighted by molar-refractivity contribution is -0.256. The molecular formula is C38H64N2O8S. The molecule has 0 aromatic rings. The van der Waals surface area contributed by atoms with Gasteiger partial charge in [0.2, 0.25) is 10.0 Å². The van der Waals surface area contributed by atoms with Gasteiger partial charge in [-0.25, -0.2) is 13.1 Å². The number of aliphatic hydroxyl groups excluding tert-OH is 1. The molecule has 0 bridgehead atoms. The fraction of sp³-hybridized carbons (Fsp3) is 1.00. The van der Waals surface area contributed by atoms with Crippen LogP contribution in [0.2, 0.25) is 0 Å². The predicted molar refractivity (Wildman–Crippen MR) is 185 cm³/mol. The third-order valence-electron chi connectivity index (χ3n) is 16.8. The fourth-order valence-electron chi connectivity index (χ4n) is 14.3. The van der Waals surface area contributed by atoms with Crippen molar-refractivity contribution in [3.05, 3.63) is 0 Å². The summed E-state index contributed by atoms with van der Waals surface area (Å²) in [6, 6.07) is -0.303. The lowest BCUT2D eigenvalue weighted by Crippen LogP contribution is -2.61. The van der Waals surface area contributed by atoms with Crippen LogP contribution in [0.3, 0.4) is 0 Å². The lowest BCUT2D eigenvalue weighted by atomic mass is 9.41. The molecule has 8 rings (SSSR count). The van der Waals surface area contributed by atoms with Crippen molar-refractivity contribution in [2.45, 2.75) is 148 Å². The van der Waals surface area contributed by atoms with Crippen LogP contribution in [-0.2, 0) is 29.0 Å². The highest BCUT2D eigenvalue weighted by Crippen LogP contribution is 2.89. The monoisotopic (exact) mass is 708 g/mol. The van der Waals surface area contributed by atoms with Crippen molar-refractivity contribution >= 4 is 10.0 Å². The minimum Gasteiger partial charge on any atom is -0.390 e. The van der Waals surface area contributed by atoms with Crippen molar-refractivity contribution in [1.29, 1.82) is 0 Å². The van der Waals surface area contributed by atoms with E-state index in [1.165, 1.54) is 19.3 Å². The Hall–Kier alpha value is -0.370. The Morgan fingerprint density at radius 3 is 2.37 bits per heavy atom. The molecule has 0 unspecified atom stereocenters. The molecule has 14 atom stereocenters. The number of hydrogen-bond donors (Lipinski definition) is 3. The van der Waals surface area contributed by atoms with Crippen molar-refractivity contribution in [1.82, 2.24) is 9.62 Å². The first-order chi connectivity index (χ1) is 22.8. The van der Waals surface area contributed by atoms with Gasteiger partial charge in [0.15, 0.2) is 6.29 Å². The van der Waals surface area contributed by atoms with Crippen molar-refractivity contribution in [3.63, 3.8) is 0 Å². The molecule has 5 saturated carbocycles. The van der Waals surface area contributed by atoms with Gasteiger partial charge in [0.1, 0.15) is 0 Å². The van der Waals surface area contributed by atoms with E-state index >= 15 is 0 Å². The van der Waals surface area contributed by atoms with Gasteiger partial charge in [-0.1, -0.05) is 34.6 Å². The van der Waals surface area contributed by atoms with Crippen LogP contribution in [0.25, 0.3) is 0 Å². The molecule has 3 saturated heterocycles. The van der Waals surface area contributed by atoms with E-state index < -0.39 is 33.9 Å². The van der Waals surface area contributed by atoms with Crippen LogP contribution in [0.5, 0.6) is 0 Å². The molecule has 10 nitrogen and oxygen atoms in total. The summed E-state index contributed by atoms with van der Waals surface area (Å²) in [4.78, 5) is 2.49. The maximum absolute atomic E-state index is 12.6. The second-order valence-electron chi connectivity index (χ2n) is 19.7. The molecule has 49 heavy (non-hydrogen) atoms. The van der Waals surface area contributed by atoms with E-state index in [4.69, 9.17) is 18.9 Å². The molecule has 2 spiro atoms. The van der Waals surface area contributed by atoms with E-state index in [2.05, 4.69) is 44.2 Å². The molecule has 3 N–H and O–H groups in total. The highest BCUT2D eigenvalue weighted by molar-refractivity contribution is 7.88. The van der Waals surface area contributed by atoms with Gasteiger partial charge in [0.25, 0.3) is 0 Å². The second-order valence-corrected chi connectivity index (χ2v) is 21.5. The average molecular weight is 709 g/mol. The summed E-state index contributed by atoms with van der Waals surface area (Å²) >= 11 is 0. The van der Waals surface area contributed by atoms with Crippen LogP contribution < -0.4 is 4.72 Å². The summed E-state index contributed by atoms with van der Waals surface area (Å²) in [7, 11) is -3.59. The number of sulfonamides is 1. The molecule has 8 fully saturated rings. The molecule has 3 heterocycles. The first-order valence-electron chi connectivity index (χ1n) is 19.4. The number of rotatable bonds is 7. The topological polar surface area (TPSA) is 127 Å². The summed E-state index contributed by atoms with van der Waals surface area (Å²) in [5.74, 6) is 1.39. The Labute approximate surface area is 294 Å². The largest absolute Gasteiger partial charge is 0.390 e. The zero-order chi connectivity index (χ0) is 35.2. The minimum atomic E-state index is -3.59. The molecule has 3 aliphatic heterocycles. The Morgan fingerprint density at radius 1 is 1.02 bits per heavy atom. The average Bonchev–Trinajstić information content (AvgIpc) is 3.60. The molecule has 0 aromatic carbocycles. The number of fused-ring (bicyclic) bond motifs is 4. The van der Waals surface area contributed by atoms with Crippen molar-refractivity contribution < 1.29 is 37.6 Å². The molecule has 5 aliphatic carbocycles. The van der Waals surface area contributed by atoms with Gasteiger partial charge in [-0.2, -0.15) is 0 Å². The predicted octanol–water partition coefficient (Wildman–Crippen LogP) is 3.93. The van der Waals surface area contributed by atoms with Gasteiger partial charge < -0.3 is 29.2 Å². The summed E-state index contributed by atoms with van der Waals surface area (Å²) in [5, 5.41) is 23.7. The van der Waals surface area contributed by atoms with Crippen LogP contribution in [0.4, 0.5) is 0 Å². The van der Waals surface area contributed by atoms with Crippen LogP contribution in [-0.4, -0.2) is 111 Å². The number of morpholine rings is 1. The summed E-state index contributed by atoms with van der Waals surface area (Å²) < 4.78 is 52.9. The van der Waals surface area contributed by atoms with Crippen LogP contribution in [0, 0.1) is 50.7 Å². The van der Waals surface area contributed by atoms with Gasteiger partial charge in [0.05, 0.1) is 74.7 Å². The second kappa shape index (κ2) is 11.3. The summed E-state index contributed by atoms with van der Waals surface area (Å²) in [5.41, 5.74) is -1.16. The van der Waals surface area contributed by atoms with Gasteiger partial charge in [-0.05, 0) is 111 Å². The van der Waals surface area contributed by atoms with E-state index in [1.807, 2.05) is 0 Å². The number of nitrogens with zero attached hydrogens (tertiary/aromatic N) is 1. The number of nitrogens with one attached hydrogen (secondary N) is 1. The molecule has 280 valence electrons. The quantitative estimate of drug-likeness (QED) is 0.361. The Kier molecular flexibility index (Phi) is 8.24. The number of ether oxygens (including phenoxy) is 4. The van der Waals surface area contributed by atoms with Gasteiger partial charge >= 0.3 is 0 Å². The Balaban J connectivity index is 1.03. The molecule has 11 heteroatoms. The molecule has 0 amide bonds. The smallest absolute Gasteiger partial charge is 0.209 e. The van der Waals surface area contributed by atoms with E-state index in [9.17, 15) is 18.6 Å². The molecular weight excluding hydrogens is 644 g/mol. The molecule has 8 aliphatic rings. The van der Waals surface area contributed by atoms with Crippen molar-refractivity contribution in [3.8, 4) is 0 Å². The van der Waals surface area contributed by atoms with Crippen LogP contribution >= 0.6 is 0 Å². The van der Waals surface area contributed by atoms with Crippen molar-refractivity contribution in [2.24, 2.45) is 50.7 Å². The zero-order valence-corrected chi connectivity index (χ0v) is 32.1. The maximum atomic E-state index is 12.6. The minimum absolute atomic E-state index is 0.0332. The standard InChI is InChI=1S/C38H64N2O8S/c1-22-17-24(31(34(4,5)42)39-49(8,43)44)47-30-29(22)35(6)13-14-38-21-37(38)12-11-27(48-28-18-40(15-16-46-28)23-19-45-20-23)33(2,3)25(37)9-10-26(38)36(35,7)32(30)41/h22-32,39,41-42H,9-21H2,1-8H3/t22-,24-,25+,26+,27+,28+,29+,30+,31+,32+,35-,36-,37-,38+/m1/s1. The zero-order valence-electron chi connectivity index (χ0n) is 31.2. The Morgan fingerprint density at radius 2 is 1.71 bits per heavy atom. The van der Waals surface area contributed by atoms with E-state index in [0.29, 0.717) is 36.3 Å². The number of aliphatic hydroxyl groups is 2. The first kappa shape index (κ1) is 35.6. The highest BCUT2D eigenvalue weighted by Gasteiger charge is 2.84. The van der Waals surface area contributed by atoms with Crippen LogP contribution in [0.1, 0.15) is 99.8 Å². The highest BCUT2D eigenvalue weighted by atomic mass is 32.2. The summed E-state index contributed by atoms with van der Waals surface area (Å²) in [6.45, 7) is 19.4. The third-order valence-corrected chi connectivity index (χ3v) is 17.4. The van der Waals surface area contributed by atoms with Crippen molar-refractivity contribution in [2.75, 3.05) is 39.2 Å². The Bertz CT molecular complexity index is 1420. The lowest BCUT2D eigenvalue weighted by Gasteiger charge is -2.64. The summed E-state index contributed by atoms with van der Waals surface area (Å²) in [6.07, 6.45) is 8.25. The van der Waals surface area contributed by atoms with Gasteiger partial charge in [-0.3, -0.25) is 4.90 Å². The first-order valence-corrected chi connectivity index (χ1v) is 21.3. The van der Waals surface area contributed by atoms with E-state index in [1.54, 1.807) is 13.8 Å². The fourth-order valence-corrected chi connectivity index (χ4v) is 15.2. The normalized spacial score (nSPS) is 51.8. The van der Waals surface area contributed by atoms with E-state index in [0.717, 1.165) is 58.2 Å². The van der Waals surface area contributed by atoms with Crippen LogP contribution in [0.15, 0.2) is 0 Å².